The van der Waals surface area contributed by atoms with Gasteiger partial charge in [0.25, 0.3) is 0 Å². The first-order valence-corrected chi connectivity index (χ1v) is 7.34. The monoisotopic (exact) mass is 264 g/mol. The zero-order valence-electron chi connectivity index (χ0n) is 10.6. The molecule has 17 heavy (non-hydrogen) atoms. The van der Waals surface area contributed by atoms with Gasteiger partial charge in [-0.25, -0.2) is 8.42 Å². The molecule has 0 amide bonds. The molecular formula is C11H20O5S. The van der Waals surface area contributed by atoms with Gasteiger partial charge in [-0.2, -0.15) is 0 Å². The lowest BCUT2D eigenvalue weighted by Gasteiger charge is -2.17. The molecule has 0 saturated heterocycles. The molecule has 0 spiro atoms. The van der Waals surface area contributed by atoms with Crippen LogP contribution in [0.15, 0.2) is 0 Å². The number of ether oxygens (including phenoxy) is 2. The van der Waals surface area contributed by atoms with Crippen LogP contribution >= 0.6 is 0 Å². The lowest BCUT2D eigenvalue weighted by molar-refractivity contribution is -0.141. The van der Waals surface area contributed by atoms with E-state index in [1.54, 1.807) is 6.92 Å². The van der Waals surface area contributed by atoms with Crippen LogP contribution in [0.4, 0.5) is 0 Å². The maximum Gasteiger partial charge on any atom is 0.306 e. The van der Waals surface area contributed by atoms with Crippen LogP contribution in [0.1, 0.15) is 26.2 Å². The zero-order valence-corrected chi connectivity index (χ0v) is 11.4. The number of hydrogen-bond acceptors (Lipinski definition) is 5. The van der Waals surface area contributed by atoms with E-state index in [-0.39, 0.29) is 30.2 Å². The molecule has 0 radical (unpaired) electrons. The number of hydrogen-bond donors (Lipinski definition) is 0. The third kappa shape index (κ3) is 3.96. The van der Waals surface area contributed by atoms with Crippen molar-refractivity contribution in [3.63, 3.8) is 0 Å². The van der Waals surface area contributed by atoms with Crippen LogP contribution in [0.3, 0.4) is 0 Å². The number of esters is 1. The maximum atomic E-state index is 12.0. The fourth-order valence-corrected chi connectivity index (χ4v) is 3.71. The standard InChI is InChI=1S/C11H20O5S/c1-9(7-15-2)17(13,14)8-11(4-5-11)6-10(12)16-3/h9H,4-8H2,1-3H3. The summed E-state index contributed by atoms with van der Waals surface area (Å²) < 4.78 is 33.5. The maximum absolute atomic E-state index is 12.0. The Morgan fingerprint density at radius 1 is 1.35 bits per heavy atom. The van der Waals surface area contributed by atoms with Crippen molar-refractivity contribution in [3.05, 3.63) is 0 Å². The summed E-state index contributed by atoms with van der Waals surface area (Å²) in [5.74, 6) is -0.281. The molecule has 1 unspecified atom stereocenters. The minimum absolute atomic E-state index is 0.0552. The van der Waals surface area contributed by atoms with E-state index in [0.29, 0.717) is 0 Å². The first-order chi connectivity index (χ1) is 7.85. The van der Waals surface area contributed by atoms with Crippen LogP contribution in [0, 0.1) is 5.41 Å². The second kappa shape index (κ2) is 5.35. The van der Waals surface area contributed by atoms with Crippen molar-refractivity contribution in [2.24, 2.45) is 5.41 Å². The highest BCUT2D eigenvalue weighted by atomic mass is 32.2. The van der Waals surface area contributed by atoms with Gasteiger partial charge < -0.3 is 9.47 Å². The molecule has 0 aromatic heterocycles. The predicted octanol–water partition coefficient (Wildman–Crippen LogP) is 0.779. The molecular weight excluding hydrogens is 244 g/mol. The minimum Gasteiger partial charge on any atom is -0.469 e. The number of sulfone groups is 1. The van der Waals surface area contributed by atoms with Gasteiger partial charge in [0, 0.05) is 7.11 Å². The molecule has 5 nitrogen and oxygen atoms in total. The van der Waals surface area contributed by atoms with Crippen LogP contribution in [-0.4, -0.2) is 46.2 Å². The number of carbonyl (C=O) groups excluding carboxylic acids is 1. The van der Waals surface area contributed by atoms with Gasteiger partial charge in [0.05, 0.1) is 31.1 Å². The normalized spacial score (nSPS) is 19.7. The smallest absolute Gasteiger partial charge is 0.306 e. The first-order valence-electron chi connectivity index (χ1n) is 5.62. The van der Waals surface area contributed by atoms with E-state index in [2.05, 4.69) is 4.74 Å². The van der Waals surface area contributed by atoms with E-state index >= 15 is 0 Å². The lowest BCUT2D eigenvalue weighted by atomic mass is 10.1. The van der Waals surface area contributed by atoms with Gasteiger partial charge >= 0.3 is 5.97 Å². The third-order valence-corrected chi connectivity index (χ3v) is 5.60. The van der Waals surface area contributed by atoms with E-state index in [0.717, 1.165) is 12.8 Å². The third-order valence-electron chi connectivity index (χ3n) is 3.23. The van der Waals surface area contributed by atoms with Gasteiger partial charge in [-0.1, -0.05) is 0 Å². The van der Waals surface area contributed by atoms with Gasteiger partial charge in [-0.05, 0) is 25.2 Å². The van der Waals surface area contributed by atoms with Crippen LogP contribution < -0.4 is 0 Å². The highest BCUT2D eigenvalue weighted by Crippen LogP contribution is 2.50. The summed E-state index contributed by atoms with van der Waals surface area (Å²) in [6.45, 7) is 1.82. The summed E-state index contributed by atoms with van der Waals surface area (Å²) in [6.07, 6.45) is 1.75. The van der Waals surface area contributed by atoms with Gasteiger partial charge in [0.2, 0.25) is 0 Å². The van der Waals surface area contributed by atoms with Gasteiger partial charge in [-0.15, -0.1) is 0 Å². The van der Waals surface area contributed by atoms with Crippen molar-refractivity contribution < 1.29 is 22.7 Å². The topological polar surface area (TPSA) is 69.7 Å². The second-order valence-electron chi connectivity index (χ2n) is 4.83. The predicted molar refractivity (Wildman–Crippen MR) is 63.4 cm³/mol. The molecule has 1 rings (SSSR count). The van der Waals surface area contributed by atoms with E-state index in [9.17, 15) is 13.2 Å². The molecule has 0 aromatic rings. The first kappa shape index (κ1) is 14.4. The molecule has 0 bridgehead atoms. The molecule has 0 aromatic carbocycles. The molecule has 1 aliphatic rings. The Bertz CT molecular complexity index is 369. The Balaban J connectivity index is 2.61. The van der Waals surface area contributed by atoms with Crippen molar-refractivity contribution in [1.29, 1.82) is 0 Å². The Kier molecular flexibility index (Phi) is 4.55. The van der Waals surface area contributed by atoms with E-state index in [1.165, 1.54) is 14.2 Å². The fraction of sp³-hybridized carbons (Fsp3) is 0.909. The highest BCUT2D eigenvalue weighted by Gasteiger charge is 2.48. The SMILES string of the molecule is COCC(C)S(=O)(=O)CC1(CC(=O)OC)CC1. The number of carbonyl (C=O) groups is 1. The number of rotatable bonds is 7. The van der Waals surface area contributed by atoms with Gasteiger partial charge in [0.1, 0.15) is 0 Å². The van der Waals surface area contributed by atoms with E-state index < -0.39 is 15.1 Å². The van der Waals surface area contributed by atoms with Crippen LogP contribution in [-0.2, 0) is 24.1 Å². The molecule has 1 saturated carbocycles. The molecule has 0 aliphatic heterocycles. The largest absolute Gasteiger partial charge is 0.469 e. The van der Waals surface area contributed by atoms with E-state index in [4.69, 9.17) is 4.74 Å². The van der Waals surface area contributed by atoms with Gasteiger partial charge in [-0.3, -0.25) is 4.79 Å². The van der Waals surface area contributed by atoms with Crippen molar-refractivity contribution in [2.45, 2.75) is 31.4 Å². The van der Waals surface area contributed by atoms with Crippen molar-refractivity contribution in [3.8, 4) is 0 Å². The summed E-state index contributed by atoms with van der Waals surface area (Å²) >= 11 is 0. The average molecular weight is 264 g/mol. The molecule has 1 aliphatic carbocycles. The van der Waals surface area contributed by atoms with Crippen LogP contribution in [0.5, 0.6) is 0 Å². The summed E-state index contributed by atoms with van der Waals surface area (Å²) in [5, 5.41) is -0.525. The summed E-state index contributed by atoms with van der Waals surface area (Å²) in [5.41, 5.74) is -0.381. The molecule has 6 heteroatoms. The Morgan fingerprint density at radius 2 is 1.94 bits per heavy atom. The molecule has 100 valence electrons. The second-order valence-corrected chi connectivity index (χ2v) is 7.25. The van der Waals surface area contributed by atoms with Crippen LogP contribution in [0.2, 0.25) is 0 Å². The van der Waals surface area contributed by atoms with Crippen molar-refractivity contribution >= 4 is 15.8 Å². The van der Waals surface area contributed by atoms with Gasteiger partial charge in [0.15, 0.2) is 9.84 Å². The van der Waals surface area contributed by atoms with Crippen molar-refractivity contribution in [1.82, 2.24) is 0 Å². The molecule has 1 atom stereocenters. The number of methoxy groups -OCH3 is 2. The summed E-state index contributed by atoms with van der Waals surface area (Å²) in [6, 6.07) is 0. The van der Waals surface area contributed by atoms with Crippen LogP contribution in [0.25, 0.3) is 0 Å². The van der Waals surface area contributed by atoms with E-state index in [1.807, 2.05) is 0 Å². The molecule has 1 fully saturated rings. The zero-order chi connectivity index (χ0) is 13.1. The average Bonchev–Trinajstić information content (AvgIpc) is 2.97. The summed E-state index contributed by atoms with van der Waals surface area (Å²) in [7, 11) is -0.405. The fourth-order valence-electron chi connectivity index (χ4n) is 1.83. The van der Waals surface area contributed by atoms with Crippen molar-refractivity contribution in [2.75, 3.05) is 26.6 Å². The Labute approximate surface area is 102 Å². The quantitative estimate of drug-likeness (QED) is 0.635. The molecule has 0 heterocycles. The minimum atomic E-state index is -3.20. The highest BCUT2D eigenvalue weighted by molar-refractivity contribution is 7.92. The summed E-state index contributed by atoms with van der Waals surface area (Å²) in [4.78, 5) is 11.2. The lowest BCUT2D eigenvalue weighted by Crippen LogP contribution is -2.30. The molecule has 0 N–H and O–H groups in total. The Hall–Kier alpha value is -0.620. The Morgan fingerprint density at radius 3 is 2.35 bits per heavy atom.